The summed E-state index contributed by atoms with van der Waals surface area (Å²) in [5, 5.41) is 5.50. The maximum atomic E-state index is 4.05. The first-order valence-corrected chi connectivity index (χ1v) is 3.92. The number of fused-ring (bicyclic) bond motifs is 1. The summed E-state index contributed by atoms with van der Waals surface area (Å²) < 4.78 is 0. The van der Waals surface area contributed by atoms with E-state index >= 15 is 0 Å². The molecular weight excluding hydrogens is 219 g/mol. The summed E-state index contributed by atoms with van der Waals surface area (Å²) in [6, 6.07) is 8.23. The van der Waals surface area contributed by atoms with E-state index in [0.717, 1.165) is 5.69 Å². The molecule has 0 aliphatic rings. The Balaban J connectivity index is 0.000000845. The molecule has 0 radical (unpaired) electrons. The van der Waals surface area contributed by atoms with Crippen molar-refractivity contribution in [2.45, 2.75) is 0 Å². The Hall–Kier alpha value is -0.990. The molecule has 2 aromatic rings. The maximum absolute atomic E-state index is 4.05. The Morgan fingerprint density at radius 3 is 2.57 bits per heavy atom. The van der Waals surface area contributed by atoms with Crippen LogP contribution in [0.3, 0.4) is 0 Å². The molecule has 2 nitrogen and oxygen atoms in total. The van der Waals surface area contributed by atoms with Gasteiger partial charge in [-0.25, -0.2) is 0 Å². The van der Waals surface area contributed by atoms with E-state index in [0.29, 0.717) is 0 Å². The molecule has 2 rings (SSSR count). The van der Waals surface area contributed by atoms with Crippen LogP contribution in [0, 0.1) is 0 Å². The van der Waals surface area contributed by atoms with Gasteiger partial charge in [0.2, 0.25) is 0 Å². The minimum atomic E-state index is 0. The van der Waals surface area contributed by atoms with Gasteiger partial charge in [-0.05, 0) is 23.6 Å². The highest BCUT2D eigenvalue weighted by molar-refractivity contribution is 5.86. The van der Waals surface area contributed by atoms with Crippen LogP contribution in [0.1, 0.15) is 0 Å². The lowest BCUT2D eigenvalue weighted by Gasteiger charge is -2.01. The lowest BCUT2D eigenvalue weighted by molar-refractivity contribution is 1.36. The van der Waals surface area contributed by atoms with Crippen molar-refractivity contribution >= 4 is 41.3 Å². The van der Waals surface area contributed by atoms with Crippen LogP contribution in [0.4, 0.5) is 5.69 Å². The smallest absolute Gasteiger partial charge is 0.0346 e. The van der Waals surface area contributed by atoms with Crippen LogP contribution in [0.2, 0.25) is 0 Å². The zero-order valence-electron chi connectivity index (χ0n) is 7.73. The molecule has 76 valence electrons. The third kappa shape index (κ3) is 2.50. The molecule has 1 N–H and O–H groups in total. The zero-order chi connectivity index (χ0) is 8.39. The highest BCUT2D eigenvalue weighted by Gasteiger charge is 1.92. The van der Waals surface area contributed by atoms with Crippen molar-refractivity contribution in [3.63, 3.8) is 0 Å². The van der Waals surface area contributed by atoms with E-state index < -0.39 is 0 Å². The van der Waals surface area contributed by atoms with Crippen molar-refractivity contribution in [1.82, 2.24) is 4.98 Å². The van der Waals surface area contributed by atoms with Gasteiger partial charge in [-0.2, -0.15) is 0 Å². The van der Waals surface area contributed by atoms with Gasteiger partial charge >= 0.3 is 0 Å². The molecule has 14 heavy (non-hydrogen) atoms. The van der Waals surface area contributed by atoms with Crippen LogP contribution in [-0.2, 0) is 0 Å². The molecule has 1 heterocycles. The van der Waals surface area contributed by atoms with Crippen LogP contribution >= 0.6 is 24.8 Å². The normalized spacial score (nSPS) is 8.64. The van der Waals surface area contributed by atoms with Gasteiger partial charge in [0.15, 0.2) is 0 Å². The maximum Gasteiger partial charge on any atom is 0.0346 e. The van der Waals surface area contributed by atoms with Crippen LogP contribution < -0.4 is 5.32 Å². The van der Waals surface area contributed by atoms with Crippen molar-refractivity contribution in [3.05, 3.63) is 36.7 Å². The Morgan fingerprint density at radius 2 is 1.86 bits per heavy atom. The molecule has 0 saturated heterocycles. The number of pyridine rings is 1. The predicted octanol–water partition coefficient (Wildman–Crippen LogP) is 3.12. The van der Waals surface area contributed by atoms with E-state index in [1.165, 1.54) is 10.8 Å². The molecule has 0 bridgehead atoms. The van der Waals surface area contributed by atoms with Gasteiger partial charge in [0, 0.05) is 30.5 Å². The second-order valence-electron chi connectivity index (χ2n) is 2.69. The van der Waals surface area contributed by atoms with E-state index in [2.05, 4.69) is 22.4 Å². The first kappa shape index (κ1) is 13.0. The van der Waals surface area contributed by atoms with Crippen molar-refractivity contribution < 1.29 is 0 Å². The number of anilines is 1. The monoisotopic (exact) mass is 230 g/mol. The molecule has 0 unspecified atom stereocenters. The molecule has 0 atom stereocenters. The Morgan fingerprint density at radius 1 is 1.07 bits per heavy atom. The van der Waals surface area contributed by atoms with Gasteiger partial charge in [-0.1, -0.05) is 6.07 Å². The number of nitrogens with one attached hydrogen (secondary N) is 1. The largest absolute Gasteiger partial charge is 0.388 e. The SMILES string of the molecule is CNc1ccc2cnccc2c1.Cl.Cl. The average Bonchev–Trinajstić information content (AvgIpc) is 2.17. The number of nitrogens with zero attached hydrogens (tertiary/aromatic N) is 1. The first-order valence-electron chi connectivity index (χ1n) is 3.92. The Labute approximate surface area is 95.6 Å². The Bertz CT molecular complexity index is 404. The van der Waals surface area contributed by atoms with E-state index in [-0.39, 0.29) is 24.8 Å². The minimum absolute atomic E-state index is 0. The molecule has 0 saturated carbocycles. The van der Waals surface area contributed by atoms with Gasteiger partial charge < -0.3 is 5.32 Å². The van der Waals surface area contributed by atoms with Crippen molar-refractivity contribution in [1.29, 1.82) is 0 Å². The standard InChI is InChI=1S/C10H10N2.2ClH/c1-11-10-3-2-9-7-12-5-4-8(9)6-10;;/h2-7,11H,1H3;2*1H. The van der Waals surface area contributed by atoms with Crippen LogP contribution in [0.5, 0.6) is 0 Å². The van der Waals surface area contributed by atoms with Crippen LogP contribution in [-0.4, -0.2) is 12.0 Å². The van der Waals surface area contributed by atoms with E-state index in [9.17, 15) is 0 Å². The third-order valence-electron chi connectivity index (χ3n) is 1.93. The summed E-state index contributed by atoms with van der Waals surface area (Å²) in [5.74, 6) is 0. The summed E-state index contributed by atoms with van der Waals surface area (Å²) in [4.78, 5) is 4.05. The summed E-state index contributed by atoms with van der Waals surface area (Å²) in [6.07, 6.45) is 3.68. The molecule has 1 aromatic heterocycles. The highest BCUT2D eigenvalue weighted by Crippen LogP contribution is 2.16. The highest BCUT2D eigenvalue weighted by atomic mass is 35.5. The van der Waals surface area contributed by atoms with E-state index in [1.54, 1.807) is 0 Å². The van der Waals surface area contributed by atoms with Crippen molar-refractivity contribution in [2.75, 3.05) is 12.4 Å². The first-order chi connectivity index (χ1) is 5.90. The van der Waals surface area contributed by atoms with Gasteiger partial charge in [0.1, 0.15) is 0 Å². The fraction of sp³-hybridized carbons (Fsp3) is 0.100. The second-order valence-corrected chi connectivity index (χ2v) is 2.69. The zero-order valence-corrected chi connectivity index (χ0v) is 9.36. The summed E-state index contributed by atoms with van der Waals surface area (Å²) in [5.41, 5.74) is 1.13. The molecule has 0 spiro atoms. The number of benzene rings is 1. The predicted molar refractivity (Wildman–Crippen MR) is 65.8 cm³/mol. The Kier molecular flexibility index (Phi) is 5.28. The van der Waals surface area contributed by atoms with Crippen LogP contribution in [0.15, 0.2) is 36.7 Å². The lowest BCUT2D eigenvalue weighted by Crippen LogP contribution is -1.86. The number of rotatable bonds is 1. The molecule has 0 fully saturated rings. The molecule has 1 aromatic carbocycles. The molecule has 0 aliphatic carbocycles. The van der Waals surface area contributed by atoms with Gasteiger partial charge in [-0.3, -0.25) is 4.98 Å². The number of hydrogen-bond donors (Lipinski definition) is 1. The summed E-state index contributed by atoms with van der Waals surface area (Å²) >= 11 is 0. The molecule has 0 aliphatic heterocycles. The molecule has 4 heteroatoms. The van der Waals surface area contributed by atoms with E-state index in [1.807, 2.05) is 31.6 Å². The summed E-state index contributed by atoms with van der Waals surface area (Å²) in [7, 11) is 1.92. The van der Waals surface area contributed by atoms with Gasteiger partial charge in [0.25, 0.3) is 0 Å². The van der Waals surface area contributed by atoms with E-state index in [4.69, 9.17) is 0 Å². The second kappa shape index (κ2) is 5.68. The molecular formula is C10H12Cl2N2. The number of aromatic nitrogens is 1. The molecule has 0 amide bonds. The van der Waals surface area contributed by atoms with Gasteiger partial charge in [-0.15, -0.1) is 24.8 Å². The fourth-order valence-corrected chi connectivity index (χ4v) is 1.24. The van der Waals surface area contributed by atoms with Crippen molar-refractivity contribution in [3.8, 4) is 0 Å². The fourth-order valence-electron chi connectivity index (χ4n) is 1.24. The topological polar surface area (TPSA) is 24.9 Å². The third-order valence-corrected chi connectivity index (χ3v) is 1.93. The van der Waals surface area contributed by atoms with Crippen LogP contribution in [0.25, 0.3) is 10.8 Å². The van der Waals surface area contributed by atoms with Gasteiger partial charge in [0.05, 0.1) is 0 Å². The summed E-state index contributed by atoms with van der Waals surface area (Å²) in [6.45, 7) is 0. The average molecular weight is 231 g/mol. The lowest BCUT2D eigenvalue weighted by atomic mass is 10.1. The van der Waals surface area contributed by atoms with Crippen molar-refractivity contribution in [2.24, 2.45) is 0 Å². The quantitative estimate of drug-likeness (QED) is 0.815. The number of halogens is 2. The minimum Gasteiger partial charge on any atom is -0.388 e. The number of hydrogen-bond acceptors (Lipinski definition) is 2.